The first-order chi connectivity index (χ1) is 5.84. The van der Waals surface area contributed by atoms with Crippen LogP contribution >= 0.6 is 0 Å². The van der Waals surface area contributed by atoms with Crippen LogP contribution < -0.4 is 5.32 Å². The minimum absolute atomic E-state index is 0.00471. The molecule has 0 atom stereocenters. The van der Waals surface area contributed by atoms with Crippen LogP contribution in [0.25, 0.3) is 0 Å². The Bertz CT molecular complexity index is 243. The monoisotopic (exact) mass is 166 g/mol. The molecule has 0 fully saturated rings. The Labute approximate surface area is 70.6 Å². The molecule has 1 radical (unpaired) electrons. The van der Waals surface area contributed by atoms with E-state index < -0.39 is 0 Å². The van der Waals surface area contributed by atoms with Crippen molar-refractivity contribution in [2.24, 2.45) is 0 Å². The molecular formula is C8H10N2O2+. The van der Waals surface area contributed by atoms with Crippen molar-refractivity contribution in [3.8, 4) is 0 Å². The Hall–Kier alpha value is -1.45. The first-order valence-electron chi connectivity index (χ1n) is 3.77. The molecule has 1 rings (SSSR count). The predicted octanol–water partition coefficient (Wildman–Crippen LogP) is -0.787. The molecule has 4 heteroatoms. The number of hydrogen-bond donors (Lipinski definition) is 1. The number of nitrogens with one attached hydrogen (secondary N) is 1. The molecule has 0 saturated carbocycles. The lowest BCUT2D eigenvalue weighted by Crippen LogP contribution is -2.21. The standard InChI is InChI=1S/C8H10N2O2/c11-7-9-4-2-6-10-5-1-3-8(10)12/h1,3,5H,2,4,6H2,(H,9,11)/q+1. The molecule has 0 bridgehead atoms. The van der Waals surface area contributed by atoms with Crippen molar-refractivity contribution in [2.75, 3.05) is 13.1 Å². The molecular weight excluding hydrogens is 156 g/mol. The number of allylic oxidation sites excluding steroid dienone is 1. The number of nitrogens with zero attached hydrogens (tertiary/aromatic N) is 1. The quantitative estimate of drug-likeness (QED) is 0.330. The molecule has 0 aromatic carbocycles. The maximum absolute atomic E-state index is 10.9. The second kappa shape index (κ2) is 4.43. The summed E-state index contributed by atoms with van der Waals surface area (Å²) in [4.78, 5) is 20.7. The van der Waals surface area contributed by atoms with Gasteiger partial charge in [-0.25, -0.2) is 4.79 Å². The lowest BCUT2D eigenvalue weighted by Gasteiger charge is -1.94. The van der Waals surface area contributed by atoms with Gasteiger partial charge in [-0.3, -0.25) is 4.79 Å². The van der Waals surface area contributed by atoms with Crippen LogP contribution in [-0.4, -0.2) is 36.2 Å². The van der Waals surface area contributed by atoms with Crippen molar-refractivity contribution in [1.29, 1.82) is 0 Å². The summed E-state index contributed by atoms with van der Waals surface area (Å²) in [6.45, 7) is 1.20. The minimum Gasteiger partial charge on any atom is -0.348 e. The van der Waals surface area contributed by atoms with E-state index in [-0.39, 0.29) is 5.91 Å². The minimum atomic E-state index is 0.00471. The molecule has 63 valence electrons. The summed E-state index contributed by atoms with van der Waals surface area (Å²) < 4.78 is 1.60. The van der Waals surface area contributed by atoms with Crippen LogP contribution in [0.3, 0.4) is 0 Å². The number of carbonyl (C=O) groups is 1. The number of amides is 2. The van der Waals surface area contributed by atoms with Crippen molar-refractivity contribution in [3.63, 3.8) is 0 Å². The highest BCUT2D eigenvalue weighted by atomic mass is 16.2. The summed E-state index contributed by atoms with van der Waals surface area (Å²) in [5, 5.41) is 2.41. The Balaban J connectivity index is 2.16. The maximum atomic E-state index is 10.9. The molecule has 1 aliphatic rings. The molecule has 1 N–H and O–H groups in total. The largest absolute Gasteiger partial charge is 0.412 e. The summed E-state index contributed by atoms with van der Waals surface area (Å²) in [7, 11) is 0. The fourth-order valence-electron chi connectivity index (χ4n) is 0.972. The number of carbonyl (C=O) groups excluding carboxylic acids is 2. The fourth-order valence-corrected chi connectivity index (χ4v) is 0.972. The first kappa shape index (κ1) is 8.64. The van der Waals surface area contributed by atoms with Crippen LogP contribution in [0.4, 0.5) is 0 Å². The van der Waals surface area contributed by atoms with E-state index >= 15 is 0 Å². The molecule has 1 heterocycles. The molecule has 0 aromatic heterocycles. The van der Waals surface area contributed by atoms with Gasteiger partial charge in [-0.15, -0.1) is 0 Å². The average molecular weight is 166 g/mol. The molecule has 0 aliphatic carbocycles. The highest BCUT2D eigenvalue weighted by Crippen LogP contribution is 1.90. The lowest BCUT2D eigenvalue weighted by atomic mass is 10.4. The van der Waals surface area contributed by atoms with Gasteiger partial charge in [0.15, 0.2) is 12.8 Å². The van der Waals surface area contributed by atoms with Crippen molar-refractivity contribution in [2.45, 2.75) is 6.42 Å². The smallest absolute Gasteiger partial charge is 0.348 e. The van der Waals surface area contributed by atoms with Crippen LogP contribution in [0.5, 0.6) is 0 Å². The van der Waals surface area contributed by atoms with Gasteiger partial charge in [-0.2, -0.15) is 4.58 Å². The van der Waals surface area contributed by atoms with E-state index in [1.807, 2.05) is 0 Å². The Morgan fingerprint density at radius 3 is 3.00 bits per heavy atom. The van der Waals surface area contributed by atoms with Gasteiger partial charge >= 0.3 is 12.3 Å². The number of rotatable bonds is 5. The third kappa shape index (κ3) is 2.30. The molecule has 0 saturated heterocycles. The summed E-state index contributed by atoms with van der Waals surface area (Å²) in [6, 6.07) is 0. The van der Waals surface area contributed by atoms with E-state index in [0.29, 0.717) is 13.1 Å². The van der Waals surface area contributed by atoms with Crippen molar-refractivity contribution in [3.05, 3.63) is 12.2 Å². The normalized spacial score (nSPS) is 14.7. The summed E-state index contributed by atoms with van der Waals surface area (Å²) >= 11 is 0. The van der Waals surface area contributed by atoms with Gasteiger partial charge in [-0.1, -0.05) is 0 Å². The van der Waals surface area contributed by atoms with E-state index in [9.17, 15) is 9.59 Å². The molecule has 0 spiro atoms. The van der Waals surface area contributed by atoms with Crippen molar-refractivity contribution < 1.29 is 14.2 Å². The molecule has 12 heavy (non-hydrogen) atoms. The topological polar surface area (TPSA) is 49.2 Å². The second-order valence-electron chi connectivity index (χ2n) is 2.42. The van der Waals surface area contributed by atoms with E-state index in [4.69, 9.17) is 0 Å². The summed E-state index contributed by atoms with van der Waals surface area (Å²) in [5.41, 5.74) is 0. The van der Waals surface area contributed by atoms with Gasteiger partial charge in [0.1, 0.15) is 0 Å². The average Bonchev–Trinajstić information content (AvgIpc) is 2.46. The SMILES string of the molecule is O=[C]NCCC[N+]1=CC=CC1=O. The third-order valence-corrected chi connectivity index (χ3v) is 1.56. The van der Waals surface area contributed by atoms with Gasteiger partial charge < -0.3 is 5.32 Å². The molecule has 0 aromatic rings. The molecule has 4 nitrogen and oxygen atoms in total. The third-order valence-electron chi connectivity index (χ3n) is 1.56. The van der Waals surface area contributed by atoms with Crippen LogP contribution in [0.15, 0.2) is 12.2 Å². The number of hydrogen-bond acceptors (Lipinski definition) is 2. The van der Waals surface area contributed by atoms with Gasteiger partial charge in [0.05, 0.1) is 6.08 Å². The molecule has 0 unspecified atom stereocenters. The zero-order chi connectivity index (χ0) is 8.81. The predicted molar refractivity (Wildman–Crippen MR) is 43.7 cm³/mol. The lowest BCUT2D eigenvalue weighted by molar-refractivity contribution is -0.436. The van der Waals surface area contributed by atoms with Crippen LogP contribution in [0.2, 0.25) is 0 Å². The molecule has 2 amide bonds. The van der Waals surface area contributed by atoms with Gasteiger partial charge in [-0.05, 0) is 0 Å². The van der Waals surface area contributed by atoms with E-state index in [1.165, 1.54) is 6.08 Å². The zero-order valence-electron chi connectivity index (χ0n) is 6.62. The van der Waals surface area contributed by atoms with Crippen molar-refractivity contribution in [1.82, 2.24) is 5.32 Å². The molecule has 1 aliphatic heterocycles. The highest BCUT2D eigenvalue weighted by Gasteiger charge is 2.16. The van der Waals surface area contributed by atoms with Gasteiger partial charge in [0.2, 0.25) is 0 Å². The maximum Gasteiger partial charge on any atom is 0.412 e. The van der Waals surface area contributed by atoms with Crippen molar-refractivity contribution >= 4 is 18.5 Å². The van der Waals surface area contributed by atoms with E-state index in [1.54, 1.807) is 23.3 Å². The first-order valence-corrected chi connectivity index (χ1v) is 3.77. The second-order valence-corrected chi connectivity index (χ2v) is 2.42. The van der Waals surface area contributed by atoms with Crippen LogP contribution in [0.1, 0.15) is 6.42 Å². The Kier molecular flexibility index (Phi) is 3.19. The summed E-state index contributed by atoms with van der Waals surface area (Å²) in [6.07, 6.45) is 7.28. The van der Waals surface area contributed by atoms with E-state index in [0.717, 1.165) is 6.42 Å². The zero-order valence-corrected chi connectivity index (χ0v) is 6.62. The summed E-state index contributed by atoms with van der Waals surface area (Å²) in [5.74, 6) is 0.00471. The van der Waals surface area contributed by atoms with E-state index in [2.05, 4.69) is 5.32 Å². The Morgan fingerprint density at radius 1 is 1.58 bits per heavy atom. The van der Waals surface area contributed by atoms with Gasteiger partial charge in [0.25, 0.3) is 0 Å². The fraction of sp³-hybridized carbons (Fsp3) is 0.375. The van der Waals surface area contributed by atoms with Gasteiger partial charge in [0, 0.05) is 19.0 Å². The van der Waals surface area contributed by atoms with Crippen LogP contribution in [-0.2, 0) is 9.59 Å². The Morgan fingerprint density at radius 2 is 2.42 bits per heavy atom. The highest BCUT2D eigenvalue weighted by molar-refractivity contribution is 5.93. The van der Waals surface area contributed by atoms with Crippen LogP contribution in [0, 0.1) is 0 Å².